The molecule has 20 heavy (non-hydrogen) atoms. The lowest BCUT2D eigenvalue weighted by Gasteiger charge is -2.14. The maximum Gasteiger partial charge on any atom is 0.277 e. The molecule has 0 spiro atoms. The number of anilines is 1. The number of rotatable bonds is 4. The van der Waals surface area contributed by atoms with Crippen LogP contribution in [0.15, 0.2) is 22.8 Å². The Morgan fingerprint density at radius 3 is 2.60 bits per heavy atom. The first-order valence-electron chi connectivity index (χ1n) is 5.80. The van der Waals surface area contributed by atoms with Gasteiger partial charge in [-0.1, -0.05) is 6.07 Å². The van der Waals surface area contributed by atoms with Crippen molar-refractivity contribution in [1.29, 1.82) is 0 Å². The Kier molecular flexibility index (Phi) is 3.92. The van der Waals surface area contributed by atoms with Gasteiger partial charge < -0.3 is 11.1 Å². The Bertz CT molecular complexity index is 609. The number of benzene rings is 1. The molecule has 3 N–H and O–H groups in total. The maximum atomic E-state index is 13.5. The van der Waals surface area contributed by atoms with Gasteiger partial charge in [0.2, 0.25) is 11.5 Å². The van der Waals surface area contributed by atoms with Crippen molar-refractivity contribution in [2.75, 3.05) is 5.73 Å². The van der Waals surface area contributed by atoms with Gasteiger partial charge in [0.15, 0.2) is 0 Å². The molecule has 106 valence electrons. The summed E-state index contributed by atoms with van der Waals surface area (Å²) < 4.78 is 31.2. The predicted molar refractivity (Wildman–Crippen MR) is 65.7 cm³/mol. The predicted octanol–water partition coefficient (Wildman–Crippen LogP) is 1.29. The highest BCUT2D eigenvalue weighted by Crippen LogP contribution is 2.14. The summed E-state index contributed by atoms with van der Waals surface area (Å²) in [7, 11) is 0. The largest absolute Gasteiger partial charge is 0.379 e. The van der Waals surface area contributed by atoms with Gasteiger partial charge >= 0.3 is 0 Å². The molecule has 6 nitrogen and oxygen atoms in total. The number of aromatic nitrogens is 2. The molecule has 0 saturated carbocycles. The van der Waals surface area contributed by atoms with Crippen LogP contribution in [0.25, 0.3) is 0 Å². The lowest BCUT2D eigenvalue weighted by Crippen LogP contribution is -2.35. The molecule has 0 saturated heterocycles. The average Bonchev–Trinajstić information content (AvgIpc) is 2.80. The van der Waals surface area contributed by atoms with Crippen molar-refractivity contribution >= 4 is 11.7 Å². The van der Waals surface area contributed by atoms with Gasteiger partial charge in [0.05, 0.1) is 0 Å². The van der Waals surface area contributed by atoms with Crippen LogP contribution in [0.5, 0.6) is 0 Å². The number of nitrogens with one attached hydrogen (secondary N) is 1. The van der Waals surface area contributed by atoms with E-state index in [-0.39, 0.29) is 23.5 Å². The summed E-state index contributed by atoms with van der Waals surface area (Å²) >= 11 is 0. The van der Waals surface area contributed by atoms with Crippen LogP contribution in [-0.2, 0) is 6.42 Å². The molecule has 1 atom stereocenters. The lowest BCUT2D eigenvalue weighted by atomic mass is 10.1. The average molecular weight is 282 g/mol. The number of amides is 1. The number of hydrogen-bond acceptors (Lipinski definition) is 5. The number of carbonyl (C=O) groups excluding carboxylic acids is 1. The first-order chi connectivity index (χ1) is 9.49. The van der Waals surface area contributed by atoms with Crippen molar-refractivity contribution in [3.8, 4) is 0 Å². The van der Waals surface area contributed by atoms with Crippen molar-refractivity contribution in [1.82, 2.24) is 15.6 Å². The molecule has 1 amide bonds. The smallest absolute Gasteiger partial charge is 0.277 e. The van der Waals surface area contributed by atoms with Crippen LogP contribution in [-0.4, -0.2) is 22.3 Å². The zero-order valence-corrected chi connectivity index (χ0v) is 10.6. The highest BCUT2D eigenvalue weighted by atomic mass is 19.1. The monoisotopic (exact) mass is 282 g/mol. The summed E-state index contributed by atoms with van der Waals surface area (Å²) in [6.45, 7) is 1.60. The van der Waals surface area contributed by atoms with Crippen LogP contribution in [0.1, 0.15) is 23.0 Å². The van der Waals surface area contributed by atoms with E-state index in [0.717, 1.165) is 12.1 Å². The highest BCUT2D eigenvalue weighted by Gasteiger charge is 2.19. The molecule has 1 unspecified atom stereocenters. The van der Waals surface area contributed by atoms with E-state index < -0.39 is 23.6 Å². The minimum atomic E-state index is -0.659. The summed E-state index contributed by atoms with van der Waals surface area (Å²) in [6.07, 6.45) is -0.00453. The summed E-state index contributed by atoms with van der Waals surface area (Å²) in [5.74, 6) is -2.08. The van der Waals surface area contributed by atoms with E-state index in [1.807, 2.05) is 0 Å². The van der Waals surface area contributed by atoms with E-state index in [9.17, 15) is 13.6 Å². The van der Waals surface area contributed by atoms with E-state index in [2.05, 4.69) is 20.3 Å². The van der Waals surface area contributed by atoms with Crippen molar-refractivity contribution in [2.45, 2.75) is 19.4 Å². The van der Waals surface area contributed by atoms with Gasteiger partial charge in [-0.3, -0.25) is 4.79 Å². The number of halogens is 2. The molecule has 0 bridgehead atoms. The van der Waals surface area contributed by atoms with Gasteiger partial charge in [-0.25, -0.2) is 13.4 Å². The maximum absolute atomic E-state index is 13.5. The minimum Gasteiger partial charge on any atom is -0.379 e. The first-order valence-corrected chi connectivity index (χ1v) is 5.80. The van der Waals surface area contributed by atoms with Crippen molar-refractivity contribution in [3.05, 3.63) is 41.1 Å². The molecule has 0 fully saturated rings. The van der Waals surface area contributed by atoms with Gasteiger partial charge in [-0.05, 0) is 35.8 Å². The van der Waals surface area contributed by atoms with Gasteiger partial charge in [0.1, 0.15) is 11.6 Å². The lowest BCUT2D eigenvalue weighted by molar-refractivity contribution is 0.0930. The molecule has 1 heterocycles. The topological polar surface area (TPSA) is 94.0 Å². The van der Waals surface area contributed by atoms with Crippen LogP contribution in [0, 0.1) is 11.6 Å². The number of nitrogens with two attached hydrogens (primary N) is 1. The van der Waals surface area contributed by atoms with E-state index in [1.165, 1.54) is 6.07 Å². The summed E-state index contributed by atoms with van der Waals surface area (Å²) in [5.41, 5.74) is 5.12. The van der Waals surface area contributed by atoms with Crippen molar-refractivity contribution in [2.24, 2.45) is 0 Å². The third-order valence-corrected chi connectivity index (χ3v) is 2.68. The first kappa shape index (κ1) is 13.9. The Morgan fingerprint density at radius 1 is 1.40 bits per heavy atom. The van der Waals surface area contributed by atoms with Gasteiger partial charge in [-0.2, -0.15) is 0 Å². The molecule has 2 rings (SSSR count). The Hall–Kier alpha value is -2.51. The van der Waals surface area contributed by atoms with Gasteiger partial charge in [0.25, 0.3) is 5.91 Å². The quantitative estimate of drug-likeness (QED) is 0.881. The van der Waals surface area contributed by atoms with Crippen molar-refractivity contribution in [3.63, 3.8) is 0 Å². The standard InChI is InChI=1S/C12H12F2N4O2/c1-6(5-7-8(13)3-2-4-9(7)14)16-12(19)10-11(15)18-20-17-10/h2-4,6H,5H2,1H3,(H2,15,18)(H,16,19). The van der Waals surface area contributed by atoms with Crippen LogP contribution in [0.3, 0.4) is 0 Å². The van der Waals surface area contributed by atoms with Crippen LogP contribution >= 0.6 is 0 Å². The van der Waals surface area contributed by atoms with Gasteiger partial charge in [0, 0.05) is 11.6 Å². The summed E-state index contributed by atoms with van der Waals surface area (Å²) in [6, 6.07) is 3.07. The molecule has 0 aliphatic heterocycles. The van der Waals surface area contributed by atoms with Crippen LogP contribution in [0.4, 0.5) is 14.6 Å². The third-order valence-electron chi connectivity index (χ3n) is 2.68. The third kappa shape index (κ3) is 2.90. The van der Waals surface area contributed by atoms with E-state index in [0.29, 0.717) is 0 Å². The molecule has 0 aliphatic rings. The zero-order valence-electron chi connectivity index (χ0n) is 10.6. The molecular formula is C12H12F2N4O2. The molecule has 0 aliphatic carbocycles. The van der Waals surface area contributed by atoms with E-state index in [4.69, 9.17) is 5.73 Å². The fourth-order valence-corrected chi connectivity index (χ4v) is 1.73. The number of nitrogens with zero attached hydrogens (tertiary/aromatic N) is 2. The highest BCUT2D eigenvalue weighted by molar-refractivity contribution is 5.96. The number of carbonyl (C=O) groups is 1. The number of nitrogen functional groups attached to an aromatic ring is 1. The van der Waals surface area contributed by atoms with Gasteiger partial charge in [-0.15, -0.1) is 0 Å². The molecule has 1 aromatic carbocycles. The number of hydrogen-bond donors (Lipinski definition) is 2. The summed E-state index contributed by atoms with van der Waals surface area (Å²) in [5, 5.41) is 9.12. The molecule has 0 radical (unpaired) electrons. The van der Waals surface area contributed by atoms with Crippen LogP contribution in [0.2, 0.25) is 0 Å². The molecule has 8 heteroatoms. The Balaban J connectivity index is 2.05. The van der Waals surface area contributed by atoms with E-state index >= 15 is 0 Å². The molecule has 1 aromatic heterocycles. The second-order valence-electron chi connectivity index (χ2n) is 4.28. The fourth-order valence-electron chi connectivity index (χ4n) is 1.73. The molecular weight excluding hydrogens is 270 g/mol. The summed E-state index contributed by atoms with van der Waals surface area (Å²) in [4.78, 5) is 11.8. The van der Waals surface area contributed by atoms with Crippen LogP contribution < -0.4 is 11.1 Å². The SMILES string of the molecule is CC(Cc1c(F)cccc1F)NC(=O)c1nonc1N. The van der Waals surface area contributed by atoms with E-state index in [1.54, 1.807) is 6.92 Å². The Morgan fingerprint density at radius 2 is 2.05 bits per heavy atom. The zero-order chi connectivity index (χ0) is 14.7. The second kappa shape index (κ2) is 5.64. The fraction of sp³-hybridized carbons (Fsp3) is 0.250. The second-order valence-corrected chi connectivity index (χ2v) is 4.28. The molecule has 2 aromatic rings. The minimum absolute atomic E-state index is 0.00453. The Labute approximate surface area is 112 Å². The van der Waals surface area contributed by atoms with Crippen molar-refractivity contribution < 1.29 is 18.2 Å². The normalized spacial score (nSPS) is 12.2.